The molecule has 0 aliphatic carbocycles. The first-order valence-corrected chi connectivity index (χ1v) is 10.8. The lowest BCUT2D eigenvalue weighted by Gasteiger charge is -2.19. The van der Waals surface area contributed by atoms with Crippen molar-refractivity contribution >= 4 is 51.0 Å². The van der Waals surface area contributed by atoms with E-state index in [1.807, 2.05) is 4.72 Å². The lowest BCUT2D eigenvalue weighted by atomic mass is 10.2. The summed E-state index contributed by atoms with van der Waals surface area (Å²) in [6.45, 7) is 1.37. The number of thioether (sulfide) groups is 1. The van der Waals surface area contributed by atoms with Crippen LogP contribution in [0, 0.1) is 6.92 Å². The number of aliphatic carboxylic acids is 1. The molecule has 1 aromatic rings. The number of methoxy groups -OCH3 is 2. The highest BCUT2D eigenvalue weighted by atomic mass is 32.2. The molecule has 0 radical (unpaired) electrons. The Balaban J connectivity index is 3.44. The van der Waals surface area contributed by atoms with Crippen molar-refractivity contribution in [2.45, 2.75) is 23.6 Å². The van der Waals surface area contributed by atoms with Crippen LogP contribution in [0.25, 0.3) is 0 Å². The van der Waals surface area contributed by atoms with Crippen molar-refractivity contribution in [3.63, 3.8) is 0 Å². The predicted octanol–water partition coefficient (Wildman–Crippen LogP) is -0.220. The maximum atomic E-state index is 12.7. The lowest BCUT2D eigenvalue weighted by Crippen LogP contribution is -2.48. The molecule has 1 heterocycles. The van der Waals surface area contributed by atoms with Gasteiger partial charge in [-0.1, -0.05) is 0 Å². The van der Waals surface area contributed by atoms with Gasteiger partial charge in [0.1, 0.15) is 4.88 Å². The van der Waals surface area contributed by atoms with Gasteiger partial charge in [0, 0.05) is 0 Å². The second-order valence-electron chi connectivity index (χ2n) is 4.98. The van der Waals surface area contributed by atoms with Crippen LogP contribution in [0.15, 0.2) is 4.21 Å². The van der Waals surface area contributed by atoms with Crippen LogP contribution in [-0.2, 0) is 24.3 Å². The van der Waals surface area contributed by atoms with Gasteiger partial charge in [-0.15, -0.1) is 11.3 Å². The standard InChI is InChI=1S/C14H19NO8S3/c1-7-9(12(18)22-2)14(25-10(7)13(19)23-3)26(20,21)15-8(11(16)17)5-6-24-4/h8,15H,5-6H2,1-4H3,(H,16,17)/p-1/t8-/m0/s1. The largest absolute Gasteiger partial charge is 0.548 e. The molecule has 0 amide bonds. The minimum absolute atomic E-state index is 0.00942. The zero-order chi connectivity index (χ0) is 20.1. The third kappa shape index (κ3) is 4.96. The van der Waals surface area contributed by atoms with Crippen molar-refractivity contribution in [3.05, 3.63) is 16.0 Å². The Labute approximate surface area is 159 Å². The second-order valence-corrected chi connectivity index (χ2v) is 8.89. The molecule has 9 nitrogen and oxygen atoms in total. The number of rotatable bonds is 9. The average molecular weight is 424 g/mol. The van der Waals surface area contributed by atoms with Gasteiger partial charge in [-0.2, -0.15) is 11.8 Å². The fraction of sp³-hybridized carbons (Fsp3) is 0.500. The fourth-order valence-electron chi connectivity index (χ4n) is 2.00. The molecule has 1 aromatic heterocycles. The minimum atomic E-state index is -4.43. The molecule has 0 unspecified atom stereocenters. The van der Waals surface area contributed by atoms with Gasteiger partial charge in [-0.05, 0) is 30.9 Å². The molecular formula is C14H18NO8S3-. The first-order chi connectivity index (χ1) is 12.1. The highest BCUT2D eigenvalue weighted by Crippen LogP contribution is 2.33. The summed E-state index contributed by atoms with van der Waals surface area (Å²) < 4.78 is 36.0. The third-order valence-corrected chi connectivity index (χ3v) is 7.22. The number of carbonyl (C=O) groups excluding carboxylic acids is 3. The third-order valence-electron chi connectivity index (χ3n) is 3.31. The summed E-state index contributed by atoms with van der Waals surface area (Å²) in [6, 6.07) is -1.48. The molecule has 0 bridgehead atoms. The molecule has 0 aliphatic rings. The first kappa shape index (κ1) is 22.4. The summed E-state index contributed by atoms with van der Waals surface area (Å²) in [6.07, 6.45) is 1.73. The Kier molecular flexibility index (Phi) is 8.06. The number of esters is 2. The van der Waals surface area contributed by atoms with Crippen molar-refractivity contribution in [2.24, 2.45) is 0 Å². The normalized spacial score (nSPS) is 12.5. The van der Waals surface area contributed by atoms with Gasteiger partial charge in [0.2, 0.25) is 0 Å². The number of carboxylic acid groups (broad SMARTS) is 1. The Hall–Kier alpha value is -1.63. The van der Waals surface area contributed by atoms with Gasteiger partial charge in [-0.25, -0.2) is 22.7 Å². The number of hydrogen-bond acceptors (Lipinski definition) is 10. The van der Waals surface area contributed by atoms with E-state index in [2.05, 4.69) is 9.47 Å². The summed E-state index contributed by atoms with van der Waals surface area (Å²) in [4.78, 5) is 35.0. The number of ether oxygens (including phenoxy) is 2. The Morgan fingerprint density at radius 3 is 2.27 bits per heavy atom. The maximum Gasteiger partial charge on any atom is 0.348 e. The topological polar surface area (TPSA) is 139 Å². The van der Waals surface area contributed by atoms with Crippen LogP contribution < -0.4 is 9.83 Å². The van der Waals surface area contributed by atoms with Gasteiger partial charge in [0.15, 0.2) is 4.21 Å². The van der Waals surface area contributed by atoms with Crippen LogP contribution in [0.1, 0.15) is 32.0 Å². The Bertz CT molecular complexity index is 799. The van der Waals surface area contributed by atoms with Crippen LogP contribution in [0.2, 0.25) is 0 Å². The van der Waals surface area contributed by atoms with E-state index in [1.165, 1.54) is 18.7 Å². The number of carbonyl (C=O) groups is 3. The van der Waals surface area contributed by atoms with Crippen LogP contribution >= 0.6 is 23.1 Å². The SMILES string of the molecule is COC(=O)c1sc(S(=O)(=O)N[C@@H](CCSC)C(=O)[O-])c(C(=O)OC)c1C. The zero-order valence-electron chi connectivity index (χ0n) is 14.5. The number of hydrogen-bond donors (Lipinski definition) is 1. The van der Waals surface area contributed by atoms with Gasteiger partial charge < -0.3 is 19.4 Å². The van der Waals surface area contributed by atoms with Gasteiger partial charge in [0.05, 0.1) is 31.8 Å². The monoisotopic (exact) mass is 424 g/mol. The number of thiophene rings is 1. The highest BCUT2D eigenvalue weighted by molar-refractivity contribution is 7.98. The Morgan fingerprint density at radius 1 is 1.23 bits per heavy atom. The molecule has 146 valence electrons. The van der Waals surface area contributed by atoms with Gasteiger partial charge in [-0.3, -0.25) is 0 Å². The van der Waals surface area contributed by atoms with Crippen LogP contribution in [0.4, 0.5) is 0 Å². The van der Waals surface area contributed by atoms with Crippen molar-refractivity contribution in [1.29, 1.82) is 0 Å². The zero-order valence-corrected chi connectivity index (χ0v) is 16.9. The molecule has 0 aromatic carbocycles. The molecule has 1 atom stereocenters. The molecule has 12 heteroatoms. The summed E-state index contributed by atoms with van der Waals surface area (Å²) >= 11 is 1.84. The predicted molar refractivity (Wildman–Crippen MR) is 93.9 cm³/mol. The summed E-state index contributed by atoms with van der Waals surface area (Å²) in [5, 5.41) is 11.2. The van der Waals surface area contributed by atoms with Crippen LogP contribution in [0.5, 0.6) is 0 Å². The van der Waals surface area contributed by atoms with E-state index in [1.54, 1.807) is 6.26 Å². The van der Waals surface area contributed by atoms with E-state index < -0.39 is 38.2 Å². The molecule has 1 N–H and O–H groups in total. The lowest BCUT2D eigenvalue weighted by molar-refractivity contribution is -0.308. The van der Waals surface area contributed by atoms with E-state index >= 15 is 0 Å². The molecule has 26 heavy (non-hydrogen) atoms. The van der Waals surface area contributed by atoms with E-state index in [9.17, 15) is 27.9 Å². The molecule has 1 rings (SSSR count). The van der Waals surface area contributed by atoms with E-state index in [4.69, 9.17) is 0 Å². The molecule has 0 fully saturated rings. The maximum absolute atomic E-state index is 12.7. The molecule has 0 spiro atoms. The summed E-state index contributed by atoms with van der Waals surface area (Å²) in [5.41, 5.74) is -0.268. The summed E-state index contributed by atoms with van der Waals surface area (Å²) in [5.74, 6) is -3.01. The van der Waals surface area contributed by atoms with E-state index in [-0.39, 0.29) is 22.4 Å². The quantitative estimate of drug-likeness (QED) is 0.533. The molecule has 0 aliphatic heterocycles. The van der Waals surface area contributed by atoms with E-state index in [0.29, 0.717) is 17.1 Å². The molecular weight excluding hydrogens is 406 g/mol. The molecule has 0 saturated carbocycles. The number of sulfonamides is 1. The first-order valence-electron chi connectivity index (χ1n) is 7.12. The fourth-order valence-corrected chi connectivity index (χ4v) is 5.45. The van der Waals surface area contributed by atoms with Crippen LogP contribution in [-0.4, -0.2) is 58.6 Å². The van der Waals surface area contributed by atoms with Crippen LogP contribution in [0.3, 0.4) is 0 Å². The van der Waals surface area contributed by atoms with Crippen molar-refractivity contribution in [1.82, 2.24) is 4.72 Å². The Morgan fingerprint density at radius 2 is 1.81 bits per heavy atom. The van der Waals surface area contributed by atoms with E-state index in [0.717, 1.165) is 14.2 Å². The average Bonchev–Trinajstić information content (AvgIpc) is 2.95. The number of nitrogens with one attached hydrogen (secondary N) is 1. The van der Waals surface area contributed by atoms with Crippen molar-refractivity contribution in [3.8, 4) is 0 Å². The minimum Gasteiger partial charge on any atom is -0.548 e. The second kappa shape index (κ2) is 9.35. The smallest absolute Gasteiger partial charge is 0.348 e. The van der Waals surface area contributed by atoms with Gasteiger partial charge in [0.25, 0.3) is 10.0 Å². The number of carboxylic acids is 1. The van der Waals surface area contributed by atoms with Crippen molar-refractivity contribution in [2.75, 3.05) is 26.2 Å². The van der Waals surface area contributed by atoms with Gasteiger partial charge >= 0.3 is 11.9 Å². The summed E-state index contributed by atoms with van der Waals surface area (Å²) in [7, 11) is -2.26. The molecule has 0 saturated heterocycles. The highest BCUT2D eigenvalue weighted by Gasteiger charge is 2.33. The van der Waals surface area contributed by atoms with Crippen molar-refractivity contribution < 1.29 is 37.4 Å².